The fraction of sp³-hybridized carbons (Fsp3) is 0.421. The molecule has 31 heavy (non-hydrogen) atoms. The van der Waals surface area contributed by atoms with E-state index in [0.717, 1.165) is 6.08 Å². The number of nitrogens with zero attached hydrogens (tertiary/aromatic N) is 7. The van der Waals surface area contributed by atoms with Crippen molar-refractivity contribution in [2.75, 3.05) is 30.4 Å². The smallest absolute Gasteiger partial charge is 0.256 e. The lowest BCUT2D eigenvalue weighted by molar-refractivity contribution is -0.117. The van der Waals surface area contributed by atoms with E-state index >= 15 is 0 Å². The summed E-state index contributed by atoms with van der Waals surface area (Å²) in [6, 6.07) is -0.671. The van der Waals surface area contributed by atoms with Crippen LogP contribution < -0.4 is 20.3 Å². The van der Waals surface area contributed by atoms with E-state index in [1.54, 1.807) is 29.2 Å². The lowest BCUT2D eigenvalue weighted by atomic mass is 10.2. The maximum atomic E-state index is 14.6. The fourth-order valence-corrected chi connectivity index (χ4v) is 3.53. The number of methoxy groups -OCH3 is 1. The number of alkyl halides is 1. The van der Waals surface area contributed by atoms with Crippen LogP contribution in [0.1, 0.15) is 6.92 Å². The van der Waals surface area contributed by atoms with Gasteiger partial charge in [-0.1, -0.05) is 6.58 Å². The number of halogens is 1. The van der Waals surface area contributed by atoms with Gasteiger partial charge in [-0.05, 0) is 13.0 Å². The molecule has 0 aliphatic carbocycles. The van der Waals surface area contributed by atoms with Crippen molar-refractivity contribution < 1.29 is 13.9 Å². The molecule has 0 radical (unpaired) electrons. The average molecular weight is 429 g/mol. The third-order valence-corrected chi connectivity index (χ3v) is 5.08. The van der Waals surface area contributed by atoms with Crippen molar-refractivity contribution in [1.29, 1.82) is 0 Å². The summed E-state index contributed by atoms with van der Waals surface area (Å²) >= 11 is 0. The van der Waals surface area contributed by atoms with Crippen LogP contribution >= 0.6 is 0 Å². The molecule has 1 saturated heterocycles. The van der Waals surface area contributed by atoms with Gasteiger partial charge in [0, 0.05) is 20.1 Å². The maximum Gasteiger partial charge on any atom is 0.256 e. The molecule has 0 aromatic carbocycles. The van der Waals surface area contributed by atoms with E-state index in [1.807, 2.05) is 11.5 Å². The van der Waals surface area contributed by atoms with Gasteiger partial charge in [-0.25, -0.2) is 9.37 Å². The molecule has 4 rings (SSSR count). The summed E-state index contributed by atoms with van der Waals surface area (Å²) in [6.07, 6.45) is 3.32. The van der Waals surface area contributed by atoms with Gasteiger partial charge in [0.05, 0.1) is 32.2 Å². The Morgan fingerprint density at radius 1 is 1.42 bits per heavy atom. The first kappa shape index (κ1) is 20.6. The zero-order valence-electron chi connectivity index (χ0n) is 17.5. The predicted molar refractivity (Wildman–Crippen MR) is 113 cm³/mol. The van der Waals surface area contributed by atoms with Gasteiger partial charge in [-0.2, -0.15) is 9.97 Å². The fourth-order valence-electron chi connectivity index (χ4n) is 3.53. The van der Waals surface area contributed by atoms with Gasteiger partial charge in [0.2, 0.25) is 11.9 Å². The summed E-state index contributed by atoms with van der Waals surface area (Å²) in [6.45, 7) is 6.35. The number of amides is 1. The number of nitrogens with one attached hydrogen (secondary N) is 2. The van der Waals surface area contributed by atoms with E-state index in [1.165, 1.54) is 7.11 Å². The summed E-state index contributed by atoms with van der Waals surface area (Å²) in [4.78, 5) is 27.0. The van der Waals surface area contributed by atoms with Gasteiger partial charge in [-0.15, -0.1) is 5.10 Å². The molecule has 2 N–H and O–H groups in total. The molecule has 3 aromatic heterocycles. The van der Waals surface area contributed by atoms with E-state index < -0.39 is 18.1 Å². The van der Waals surface area contributed by atoms with E-state index in [0.29, 0.717) is 41.0 Å². The van der Waals surface area contributed by atoms with Crippen LogP contribution in [-0.4, -0.2) is 67.6 Å². The molecule has 1 fully saturated rings. The lowest BCUT2D eigenvalue weighted by Gasteiger charge is -2.17. The molecule has 1 aliphatic heterocycles. The van der Waals surface area contributed by atoms with E-state index in [2.05, 4.69) is 37.3 Å². The Kier molecular flexibility index (Phi) is 5.44. The van der Waals surface area contributed by atoms with Gasteiger partial charge < -0.3 is 24.8 Å². The van der Waals surface area contributed by atoms with Crippen molar-refractivity contribution in [2.24, 2.45) is 7.05 Å². The summed E-state index contributed by atoms with van der Waals surface area (Å²) in [5, 5.41) is 10.1. The van der Waals surface area contributed by atoms with Crippen LogP contribution in [0.3, 0.4) is 0 Å². The number of carbonyl (C=O) groups is 1. The third kappa shape index (κ3) is 3.88. The van der Waals surface area contributed by atoms with Crippen LogP contribution in [0.25, 0.3) is 11.2 Å². The summed E-state index contributed by atoms with van der Waals surface area (Å²) in [5.74, 6) is 0.780. The Balaban J connectivity index is 1.71. The van der Waals surface area contributed by atoms with Crippen molar-refractivity contribution in [3.05, 3.63) is 25.2 Å². The van der Waals surface area contributed by atoms with Crippen molar-refractivity contribution >= 4 is 34.5 Å². The van der Waals surface area contributed by atoms with Crippen molar-refractivity contribution in [1.82, 2.24) is 34.6 Å². The molecule has 1 aliphatic rings. The van der Waals surface area contributed by atoms with Crippen LogP contribution in [0.15, 0.2) is 25.2 Å². The van der Waals surface area contributed by atoms with Crippen LogP contribution in [0.2, 0.25) is 0 Å². The minimum absolute atomic E-state index is 0.0590. The van der Waals surface area contributed by atoms with Gasteiger partial charge in [0.15, 0.2) is 17.0 Å². The van der Waals surface area contributed by atoms with E-state index in [9.17, 15) is 9.18 Å². The largest absolute Gasteiger partial charge is 0.478 e. The molecule has 0 unspecified atom stereocenters. The molecule has 2 atom stereocenters. The Morgan fingerprint density at radius 2 is 2.23 bits per heavy atom. The zero-order chi connectivity index (χ0) is 22.1. The van der Waals surface area contributed by atoms with Crippen LogP contribution in [0, 0.1) is 0 Å². The van der Waals surface area contributed by atoms with Gasteiger partial charge in [-0.3, -0.25) is 9.48 Å². The number of anilines is 3. The van der Waals surface area contributed by atoms with E-state index in [4.69, 9.17) is 4.74 Å². The number of fused-ring (bicyclic) bond motifs is 1. The topological polar surface area (TPSA) is 115 Å². The minimum Gasteiger partial charge on any atom is -0.478 e. The highest BCUT2D eigenvalue weighted by atomic mass is 19.1. The highest BCUT2D eigenvalue weighted by Crippen LogP contribution is 2.30. The van der Waals surface area contributed by atoms with Gasteiger partial charge >= 0.3 is 0 Å². The summed E-state index contributed by atoms with van der Waals surface area (Å²) in [5.41, 5.74) is 1.80. The molecule has 164 valence electrons. The Labute approximate surface area is 177 Å². The summed E-state index contributed by atoms with van der Waals surface area (Å²) in [7, 11) is 3.31. The number of carbonyl (C=O) groups excluding carboxylic acids is 1. The first-order chi connectivity index (χ1) is 14.9. The molecule has 0 bridgehead atoms. The highest BCUT2D eigenvalue weighted by Gasteiger charge is 2.35. The molecule has 4 heterocycles. The number of aryl methyl sites for hydroxylation is 2. The Bertz CT molecular complexity index is 1130. The lowest BCUT2D eigenvalue weighted by Crippen LogP contribution is -2.40. The normalized spacial score (nSPS) is 18.4. The molecule has 0 saturated carbocycles. The summed E-state index contributed by atoms with van der Waals surface area (Å²) < 4.78 is 23.4. The SMILES string of the molecule is C=CC(=O)N[C@@H]1CN(c2nc(Nc3cn(C)nc3OC)c3ncn(CC)c3n2)C[C@H]1F. The maximum absolute atomic E-state index is 14.6. The molecule has 1 amide bonds. The quantitative estimate of drug-likeness (QED) is 0.538. The number of ether oxygens (including phenoxy) is 1. The first-order valence-corrected chi connectivity index (χ1v) is 9.83. The predicted octanol–water partition coefficient (Wildman–Crippen LogP) is 1.16. The Hall–Kier alpha value is -3.70. The minimum atomic E-state index is -1.26. The molecule has 11 nitrogen and oxygen atoms in total. The van der Waals surface area contributed by atoms with Gasteiger partial charge in [0.1, 0.15) is 11.9 Å². The number of hydrogen-bond donors (Lipinski definition) is 2. The number of hydrogen-bond acceptors (Lipinski definition) is 8. The van der Waals surface area contributed by atoms with Crippen LogP contribution in [0.5, 0.6) is 5.88 Å². The molecular formula is C19H24FN9O2. The second-order valence-electron chi connectivity index (χ2n) is 7.17. The second-order valence-corrected chi connectivity index (χ2v) is 7.17. The molecule has 3 aromatic rings. The van der Waals surface area contributed by atoms with Crippen molar-refractivity contribution in [2.45, 2.75) is 25.7 Å². The zero-order valence-corrected chi connectivity index (χ0v) is 17.5. The number of rotatable bonds is 7. The third-order valence-electron chi connectivity index (χ3n) is 5.08. The van der Waals surface area contributed by atoms with Crippen molar-refractivity contribution in [3.63, 3.8) is 0 Å². The first-order valence-electron chi connectivity index (χ1n) is 9.83. The Morgan fingerprint density at radius 3 is 2.94 bits per heavy atom. The second kappa shape index (κ2) is 8.20. The standard InChI is InChI=1S/C19H24FN9O2/c1-5-14(30)22-12-9-29(7-11(12)20)19-24-16(15-17(25-19)28(6-2)10-21-15)23-13-8-27(3)26-18(13)31-4/h5,8,10-12H,1,6-7,9H2,2-4H3,(H,22,30)(H,23,24,25)/t11-,12-/m1/s1. The van der Waals surface area contributed by atoms with Gasteiger partial charge in [0.25, 0.3) is 5.88 Å². The monoisotopic (exact) mass is 429 g/mol. The molecular weight excluding hydrogens is 405 g/mol. The van der Waals surface area contributed by atoms with Crippen molar-refractivity contribution in [3.8, 4) is 5.88 Å². The molecule has 12 heteroatoms. The average Bonchev–Trinajstić information content (AvgIpc) is 3.44. The van der Waals surface area contributed by atoms with E-state index in [-0.39, 0.29) is 13.1 Å². The molecule has 0 spiro atoms. The van der Waals surface area contributed by atoms with Crippen LogP contribution in [-0.2, 0) is 18.4 Å². The van der Waals surface area contributed by atoms with Crippen LogP contribution in [0.4, 0.5) is 21.8 Å². The highest BCUT2D eigenvalue weighted by molar-refractivity contribution is 5.88. The number of aromatic nitrogens is 6. The number of imidazole rings is 1.